The summed E-state index contributed by atoms with van der Waals surface area (Å²) in [6.45, 7) is 0.451. The van der Waals surface area contributed by atoms with Gasteiger partial charge in [-0.25, -0.2) is 5.06 Å². The number of hydroxylamine groups is 2. The van der Waals surface area contributed by atoms with Crippen LogP contribution in [0.4, 0.5) is 13.2 Å². The number of amidine groups is 1. The summed E-state index contributed by atoms with van der Waals surface area (Å²) >= 11 is 0. The van der Waals surface area contributed by atoms with E-state index in [9.17, 15) is 13.2 Å². The van der Waals surface area contributed by atoms with Crippen LogP contribution in [0.15, 0.2) is 0 Å². The van der Waals surface area contributed by atoms with E-state index in [1.54, 1.807) is 0 Å². The molecule has 1 atom stereocenters. The molecule has 1 aliphatic rings. The van der Waals surface area contributed by atoms with E-state index in [-0.39, 0.29) is 5.84 Å². The van der Waals surface area contributed by atoms with Gasteiger partial charge in [0.05, 0.1) is 12.0 Å². The highest BCUT2D eigenvalue weighted by molar-refractivity contribution is 5.81. The molecule has 0 aromatic carbocycles. The Bertz CT molecular complexity index is 215. The summed E-state index contributed by atoms with van der Waals surface area (Å²) in [4.78, 5) is 0. The third-order valence-electron chi connectivity index (χ3n) is 2.05. The quantitative estimate of drug-likeness (QED) is 0.598. The van der Waals surface area contributed by atoms with Gasteiger partial charge in [-0.2, -0.15) is 13.2 Å². The van der Waals surface area contributed by atoms with Gasteiger partial charge in [0.1, 0.15) is 5.84 Å². The molecule has 0 radical (unpaired) electrons. The number of nitrogens with zero attached hydrogens (tertiary/aromatic N) is 1. The molecule has 2 N–H and O–H groups in total. The number of hydrogen-bond donors (Lipinski definition) is 2. The standard InChI is InChI=1S/C6H9F3N2O/c1-5(6(7,8)9)2-4(10)11(12)3-5/h10,12H,2-3H2,1H3. The third kappa shape index (κ3) is 1.26. The van der Waals surface area contributed by atoms with E-state index in [1.165, 1.54) is 0 Å². The van der Waals surface area contributed by atoms with Gasteiger partial charge in [-0.3, -0.25) is 10.6 Å². The second kappa shape index (κ2) is 2.35. The van der Waals surface area contributed by atoms with Crippen LogP contribution in [0.2, 0.25) is 0 Å². The number of nitrogens with one attached hydrogen (secondary N) is 1. The molecule has 0 aromatic rings. The second-order valence-electron chi connectivity index (χ2n) is 3.24. The molecule has 1 heterocycles. The van der Waals surface area contributed by atoms with Crippen LogP contribution in [0.5, 0.6) is 0 Å². The van der Waals surface area contributed by atoms with Crippen LogP contribution >= 0.6 is 0 Å². The lowest BCUT2D eigenvalue weighted by Gasteiger charge is -2.25. The van der Waals surface area contributed by atoms with Crippen molar-refractivity contribution in [3.8, 4) is 0 Å². The summed E-state index contributed by atoms with van der Waals surface area (Å²) in [6, 6.07) is 0. The van der Waals surface area contributed by atoms with Gasteiger partial charge >= 0.3 is 6.18 Å². The fourth-order valence-electron chi connectivity index (χ4n) is 1.13. The van der Waals surface area contributed by atoms with Crippen molar-refractivity contribution in [2.24, 2.45) is 5.41 Å². The van der Waals surface area contributed by atoms with Crippen LogP contribution in [0.25, 0.3) is 0 Å². The molecule has 0 spiro atoms. The van der Waals surface area contributed by atoms with Gasteiger partial charge in [-0.05, 0) is 6.92 Å². The first-order valence-corrected chi connectivity index (χ1v) is 3.37. The van der Waals surface area contributed by atoms with E-state index in [0.29, 0.717) is 5.06 Å². The number of halogens is 3. The maximum Gasteiger partial charge on any atom is 0.396 e. The van der Waals surface area contributed by atoms with Gasteiger partial charge in [0.15, 0.2) is 0 Å². The van der Waals surface area contributed by atoms with E-state index in [0.717, 1.165) is 6.92 Å². The predicted octanol–water partition coefficient (Wildman–Crippen LogP) is 1.63. The lowest BCUT2D eigenvalue weighted by Crippen LogP contribution is -2.37. The SMILES string of the molecule is CC1(C(F)(F)F)CC(=N)N(O)C1. The molecule has 6 heteroatoms. The van der Waals surface area contributed by atoms with Gasteiger partial charge in [0, 0.05) is 6.42 Å². The van der Waals surface area contributed by atoms with Gasteiger partial charge in [-0.15, -0.1) is 0 Å². The van der Waals surface area contributed by atoms with Crippen LogP contribution < -0.4 is 0 Å². The maximum atomic E-state index is 12.3. The summed E-state index contributed by atoms with van der Waals surface area (Å²) in [5, 5.41) is 16.1. The van der Waals surface area contributed by atoms with Gasteiger partial charge in [-0.1, -0.05) is 0 Å². The molecule has 1 rings (SSSR count). The summed E-state index contributed by atoms with van der Waals surface area (Å²) in [5.74, 6) is -0.380. The van der Waals surface area contributed by atoms with E-state index in [1.807, 2.05) is 0 Å². The fourth-order valence-corrected chi connectivity index (χ4v) is 1.13. The van der Waals surface area contributed by atoms with E-state index in [4.69, 9.17) is 10.6 Å². The minimum absolute atomic E-state index is 0.341. The zero-order valence-corrected chi connectivity index (χ0v) is 6.44. The average Bonchev–Trinajstić information content (AvgIpc) is 2.06. The first-order chi connectivity index (χ1) is 5.26. The third-order valence-corrected chi connectivity index (χ3v) is 2.05. The summed E-state index contributed by atoms with van der Waals surface area (Å²) in [7, 11) is 0. The van der Waals surface area contributed by atoms with Crippen LogP contribution in [0, 0.1) is 10.8 Å². The normalized spacial score (nSPS) is 31.4. The Labute approximate surface area is 67.2 Å². The maximum absolute atomic E-state index is 12.3. The highest BCUT2D eigenvalue weighted by Crippen LogP contribution is 2.44. The van der Waals surface area contributed by atoms with Crippen molar-refractivity contribution in [3.63, 3.8) is 0 Å². The van der Waals surface area contributed by atoms with E-state index >= 15 is 0 Å². The smallest absolute Gasteiger partial charge is 0.287 e. The largest absolute Gasteiger partial charge is 0.396 e. The monoisotopic (exact) mass is 182 g/mol. The van der Waals surface area contributed by atoms with Gasteiger partial charge < -0.3 is 0 Å². The lowest BCUT2D eigenvalue weighted by atomic mass is 9.89. The lowest BCUT2D eigenvalue weighted by molar-refractivity contribution is -0.220. The summed E-state index contributed by atoms with van der Waals surface area (Å²) in [5.41, 5.74) is -1.97. The minimum Gasteiger partial charge on any atom is -0.287 e. The number of hydrogen-bond acceptors (Lipinski definition) is 2. The molecular formula is C6H9F3N2O. The Hall–Kier alpha value is -0.780. The topological polar surface area (TPSA) is 47.3 Å². The van der Waals surface area contributed by atoms with Crippen LogP contribution in [0.1, 0.15) is 13.3 Å². The zero-order chi connectivity index (χ0) is 9.57. The van der Waals surface area contributed by atoms with E-state index in [2.05, 4.69) is 0 Å². The molecule has 12 heavy (non-hydrogen) atoms. The molecule has 1 fully saturated rings. The molecule has 0 saturated carbocycles. The first-order valence-electron chi connectivity index (χ1n) is 3.37. The summed E-state index contributed by atoms with van der Waals surface area (Å²) in [6.07, 6.45) is -4.82. The average molecular weight is 182 g/mol. The Balaban J connectivity index is 2.84. The molecule has 3 nitrogen and oxygen atoms in total. The Morgan fingerprint density at radius 1 is 1.58 bits per heavy atom. The second-order valence-corrected chi connectivity index (χ2v) is 3.24. The highest BCUT2D eigenvalue weighted by Gasteiger charge is 2.56. The van der Waals surface area contributed by atoms with Crippen molar-refractivity contribution in [3.05, 3.63) is 0 Å². The Morgan fingerprint density at radius 2 is 2.08 bits per heavy atom. The van der Waals surface area contributed by atoms with Crippen molar-refractivity contribution in [2.45, 2.75) is 19.5 Å². The van der Waals surface area contributed by atoms with E-state index < -0.39 is 24.6 Å². The van der Waals surface area contributed by atoms with Crippen LogP contribution in [0.3, 0.4) is 0 Å². The summed E-state index contributed by atoms with van der Waals surface area (Å²) < 4.78 is 36.8. The van der Waals surface area contributed by atoms with Gasteiger partial charge in [0.2, 0.25) is 0 Å². The number of alkyl halides is 3. The van der Waals surface area contributed by atoms with Crippen molar-refractivity contribution in [1.29, 1.82) is 5.41 Å². The Kier molecular flexibility index (Phi) is 1.82. The molecule has 70 valence electrons. The minimum atomic E-state index is -4.36. The molecule has 1 unspecified atom stereocenters. The molecule has 0 aliphatic carbocycles. The Morgan fingerprint density at radius 3 is 2.25 bits per heavy atom. The van der Waals surface area contributed by atoms with Crippen molar-refractivity contribution in [1.82, 2.24) is 5.06 Å². The van der Waals surface area contributed by atoms with Crippen molar-refractivity contribution < 1.29 is 18.4 Å². The molecule has 1 saturated heterocycles. The molecule has 0 amide bonds. The number of rotatable bonds is 0. The molecule has 0 aromatic heterocycles. The van der Waals surface area contributed by atoms with Crippen LogP contribution in [-0.4, -0.2) is 28.8 Å². The van der Waals surface area contributed by atoms with Crippen LogP contribution in [-0.2, 0) is 0 Å². The zero-order valence-electron chi connectivity index (χ0n) is 6.44. The van der Waals surface area contributed by atoms with Crippen molar-refractivity contribution in [2.75, 3.05) is 6.54 Å². The van der Waals surface area contributed by atoms with Crippen molar-refractivity contribution >= 4 is 5.84 Å². The predicted molar refractivity (Wildman–Crippen MR) is 35.0 cm³/mol. The van der Waals surface area contributed by atoms with Gasteiger partial charge in [0.25, 0.3) is 0 Å². The fraction of sp³-hybridized carbons (Fsp3) is 0.833. The molecule has 0 bridgehead atoms. The molecule has 1 aliphatic heterocycles. The highest BCUT2D eigenvalue weighted by atomic mass is 19.4. The first kappa shape index (κ1) is 9.31. The molecular weight excluding hydrogens is 173 g/mol.